The van der Waals surface area contributed by atoms with Crippen LogP contribution in [0.3, 0.4) is 0 Å². The third-order valence-corrected chi connectivity index (χ3v) is 2.08. The molecule has 1 amide bonds. The van der Waals surface area contributed by atoms with Gasteiger partial charge in [-0.15, -0.1) is 0 Å². The van der Waals surface area contributed by atoms with Gasteiger partial charge in [-0.1, -0.05) is 11.6 Å². The predicted octanol–water partition coefficient (Wildman–Crippen LogP) is 3.23. The van der Waals surface area contributed by atoms with Crippen LogP contribution in [-0.2, 0) is 9.53 Å². The van der Waals surface area contributed by atoms with E-state index in [0.717, 1.165) is 6.07 Å². The van der Waals surface area contributed by atoms with Gasteiger partial charge in [0, 0.05) is 5.02 Å². The number of nitrogens with one attached hydrogen (secondary N) is 1. The Hall–Kier alpha value is -1.13. The zero-order valence-corrected chi connectivity index (χ0v) is 10.8. The number of halogens is 2. The van der Waals surface area contributed by atoms with Gasteiger partial charge in [0.1, 0.15) is 12.4 Å². The highest BCUT2D eigenvalue weighted by Crippen LogP contribution is 2.18. The Bertz CT molecular complexity index is 415. The number of rotatable bonds is 3. The van der Waals surface area contributed by atoms with Crippen LogP contribution in [0.4, 0.5) is 10.1 Å². The molecule has 0 aliphatic carbocycles. The van der Waals surface area contributed by atoms with Crippen molar-refractivity contribution in [1.82, 2.24) is 0 Å². The summed E-state index contributed by atoms with van der Waals surface area (Å²) in [6, 6.07) is 4.05. The third kappa shape index (κ3) is 5.15. The fourth-order valence-electron chi connectivity index (χ4n) is 1.06. The van der Waals surface area contributed by atoms with Gasteiger partial charge < -0.3 is 10.1 Å². The van der Waals surface area contributed by atoms with Gasteiger partial charge in [0.25, 0.3) is 0 Å². The molecule has 0 saturated heterocycles. The first-order chi connectivity index (χ1) is 7.78. The number of benzene rings is 1. The first-order valence-electron chi connectivity index (χ1n) is 5.17. The highest BCUT2D eigenvalue weighted by Gasteiger charge is 2.14. The van der Waals surface area contributed by atoms with Crippen LogP contribution in [0.2, 0.25) is 5.02 Å². The van der Waals surface area contributed by atoms with Crippen LogP contribution < -0.4 is 5.32 Å². The van der Waals surface area contributed by atoms with Crippen LogP contribution in [0.15, 0.2) is 18.2 Å². The smallest absolute Gasteiger partial charge is 0.250 e. The average molecular weight is 260 g/mol. The Morgan fingerprint density at radius 2 is 2.12 bits per heavy atom. The number of carbonyl (C=O) groups is 1. The summed E-state index contributed by atoms with van der Waals surface area (Å²) in [5.74, 6) is -0.970. The first-order valence-corrected chi connectivity index (χ1v) is 5.54. The molecule has 0 unspecified atom stereocenters. The van der Waals surface area contributed by atoms with Crippen molar-refractivity contribution < 1.29 is 13.9 Å². The lowest BCUT2D eigenvalue weighted by Crippen LogP contribution is -2.27. The molecule has 17 heavy (non-hydrogen) atoms. The van der Waals surface area contributed by atoms with E-state index in [9.17, 15) is 9.18 Å². The van der Waals surface area contributed by atoms with Crippen LogP contribution in [0.1, 0.15) is 20.8 Å². The second-order valence-corrected chi connectivity index (χ2v) is 5.01. The van der Waals surface area contributed by atoms with Gasteiger partial charge in [-0.2, -0.15) is 0 Å². The van der Waals surface area contributed by atoms with Crippen LogP contribution in [0, 0.1) is 5.82 Å². The highest BCUT2D eigenvalue weighted by molar-refractivity contribution is 6.30. The number of hydrogen-bond donors (Lipinski definition) is 1. The quantitative estimate of drug-likeness (QED) is 0.905. The van der Waals surface area contributed by atoms with Gasteiger partial charge in [-0.25, -0.2) is 4.39 Å². The van der Waals surface area contributed by atoms with E-state index in [1.165, 1.54) is 12.1 Å². The minimum atomic E-state index is -0.568. The molecule has 1 N–H and O–H groups in total. The van der Waals surface area contributed by atoms with Crippen LogP contribution in [0.25, 0.3) is 0 Å². The van der Waals surface area contributed by atoms with Crippen molar-refractivity contribution in [1.29, 1.82) is 0 Å². The van der Waals surface area contributed by atoms with E-state index in [2.05, 4.69) is 5.32 Å². The van der Waals surface area contributed by atoms with Crippen molar-refractivity contribution in [2.75, 3.05) is 11.9 Å². The molecule has 5 heteroatoms. The van der Waals surface area contributed by atoms with Crippen molar-refractivity contribution in [3.8, 4) is 0 Å². The Kier molecular flexibility index (Phi) is 4.48. The second kappa shape index (κ2) is 5.47. The fraction of sp³-hybridized carbons (Fsp3) is 0.417. The Morgan fingerprint density at radius 1 is 1.47 bits per heavy atom. The molecule has 94 valence electrons. The molecule has 0 aliphatic rings. The van der Waals surface area contributed by atoms with Crippen molar-refractivity contribution in [2.45, 2.75) is 26.4 Å². The first kappa shape index (κ1) is 13.9. The second-order valence-electron chi connectivity index (χ2n) is 4.57. The Morgan fingerprint density at radius 3 is 2.65 bits per heavy atom. The Labute approximate surface area is 105 Å². The van der Waals surface area contributed by atoms with Gasteiger partial charge in [0.15, 0.2) is 0 Å². The maximum absolute atomic E-state index is 13.3. The van der Waals surface area contributed by atoms with Gasteiger partial charge >= 0.3 is 0 Å². The fourth-order valence-corrected chi connectivity index (χ4v) is 1.22. The molecule has 1 rings (SSSR count). The summed E-state index contributed by atoms with van der Waals surface area (Å²) >= 11 is 5.60. The van der Waals surface area contributed by atoms with E-state index in [-0.39, 0.29) is 17.3 Å². The van der Waals surface area contributed by atoms with E-state index in [1.807, 2.05) is 20.8 Å². The molecule has 0 heterocycles. The monoisotopic (exact) mass is 259 g/mol. The summed E-state index contributed by atoms with van der Waals surface area (Å²) in [4.78, 5) is 11.5. The minimum absolute atomic E-state index is 0.0944. The minimum Gasteiger partial charge on any atom is -0.366 e. The van der Waals surface area contributed by atoms with Gasteiger partial charge in [0.05, 0.1) is 11.3 Å². The highest BCUT2D eigenvalue weighted by atomic mass is 35.5. The molecule has 3 nitrogen and oxygen atoms in total. The number of hydrogen-bond acceptors (Lipinski definition) is 2. The molecule has 0 saturated carbocycles. The predicted molar refractivity (Wildman–Crippen MR) is 65.7 cm³/mol. The summed E-state index contributed by atoms with van der Waals surface area (Å²) in [7, 11) is 0. The normalized spacial score (nSPS) is 11.4. The maximum Gasteiger partial charge on any atom is 0.250 e. The molecule has 0 spiro atoms. The summed E-state index contributed by atoms with van der Waals surface area (Å²) in [5, 5.41) is 2.70. The average Bonchev–Trinajstić information content (AvgIpc) is 2.18. The van der Waals surface area contributed by atoms with E-state index in [0.29, 0.717) is 0 Å². The molecule has 0 aromatic heterocycles. The molecule has 1 aromatic rings. The number of ether oxygens (including phenoxy) is 1. The van der Waals surface area contributed by atoms with E-state index in [4.69, 9.17) is 16.3 Å². The van der Waals surface area contributed by atoms with Crippen LogP contribution in [0.5, 0.6) is 0 Å². The lowest BCUT2D eigenvalue weighted by atomic mass is 10.2. The molecule has 0 aliphatic heterocycles. The third-order valence-electron chi connectivity index (χ3n) is 1.84. The SMILES string of the molecule is CC(C)(C)OCC(=O)Nc1ccc(Cl)cc1F. The molecule has 1 aromatic carbocycles. The van der Waals surface area contributed by atoms with E-state index in [1.54, 1.807) is 0 Å². The lowest BCUT2D eigenvalue weighted by molar-refractivity contribution is -0.125. The summed E-state index contributed by atoms with van der Waals surface area (Å²) in [6.07, 6.45) is 0. The Balaban J connectivity index is 2.57. The molecule has 0 radical (unpaired) electrons. The molecule has 0 atom stereocenters. The van der Waals surface area contributed by atoms with Gasteiger partial charge in [-0.3, -0.25) is 4.79 Å². The zero-order chi connectivity index (χ0) is 13.1. The number of carbonyl (C=O) groups excluding carboxylic acids is 1. The van der Waals surface area contributed by atoms with Crippen molar-refractivity contribution in [3.05, 3.63) is 29.0 Å². The molecule has 0 fully saturated rings. The molecular weight excluding hydrogens is 245 g/mol. The van der Waals surface area contributed by atoms with Gasteiger partial charge in [0.2, 0.25) is 5.91 Å². The summed E-state index contributed by atoms with van der Waals surface area (Å²) in [5.41, 5.74) is -0.313. The summed E-state index contributed by atoms with van der Waals surface area (Å²) < 4.78 is 18.6. The van der Waals surface area contributed by atoms with Crippen molar-refractivity contribution >= 4 is 23.2 Å². The topological polar surface area (TPSA) is 38.3 Å². The van der Waals surface area contributed by atoms with Crippen LogP contribution >= 0.6 is 11.6 Å². The van der Waals surface area contributed by atoms with Crippen molar-refractivity contribution in [3.63, 3.8) is 0 Å². The number of anilines is 1. The zero-order valence-electron chi connectivity index (χ0n) is 10.0. The van der Waals surface area contributed by atoms with Gasteiger partial charge in [-0.05, 0) is 39.0 Å². The standard InChI is InChI=1S/C12H15ClFNO2/c1-12(2,3)17-7-11(16)15-10-5-4-8(13)6-9(10)14/h4-6H,7H2,1-3H3,(H,15,16). The molecular formula is C12H15ClFNO2. The number of amides is 1. The van der Waals surface area contributed by atoms with E-state index < -0.39 is 17.3 Å². The van der Waals surface area contributed by atoms with Crippen LogP contribution in [-0.4, -0.2) is 18.1 Å². The maximum atomic E-state index is 13.3. The molecule has 0 bridgehead atoms. The lowest BCUT2D eigenvalue weighted by Gasteiger charge is -2.19. The van der Waals surface area contributed by atoms with Crippen molar-refractivity contribution in [2.24, 2.45) is 0 Å². The van der Waals surface area contributed by atoms with E-state index >= 15 is 0 Å². The largest absolute Gasteiger partial charge is 0.366 e. The summed E-state index contributed by atoms with van der Waals surface area (Å²) in [6.45, 7) is 5.39.